The summed E-state index contributed by atoms with van der Waals surface area (Å²) in [5.74, 6) is 2.21. The summed E-state index contributed by atoms with van der Waals surface area (Å²) in [6, 6.07) is 5.81. The maximum absolute atomic E-state index is 5.24. The van der Waals surface area contributed by atoms with Crippen molar-refractivity contribution in [1.29, 1.82) is 0 Å². The molecule has 102 valence electrons. The average molecular weight is 365 g/mol. The van der Waals surface area contributed by atoms with Crippen molar-refractivity contribution in [2.24, 2.45) is 4.99 Å². The maximum atomic E-state index is 5.24. The topological polar surface area (TPSA) is 54.9 Å². The molecular weight excluding hydrogens is 345 g/mol. The van der Waals surface area contributed by atoms with Gasteiger partial charge in [-0.25, -0.2) is 0 Å². The van der Waals surface area contributed by atoms with Crippen molar-refractivity contribution in [3.05, 3.63) is 23.8 Å². The van der Waals surface area contributed by atoms with Crippen molar-refractivity contribution in [2.45, 2.75) is 6.54 Å². The largest absolute Gasteiger partial charge is 0.493 e. The van der Waals surface area contributed by atoms with Gasteiger partial charge in [-0.05, 0) is 17.7 Å². The van der Waals surface area contributed by atoms with Gasteiger partial charge in [0.2, 0.25) is 0 Å². The van der Waals surface area contributed by atoms with E-state index >= 15 is 0 Å². The molecule has 0 atom stereocenters. The zero-order valence-electron chi connectivity index (χ0n) is 11.1. The van der Waals surface area contributed by atoms with E-state index in [0.29, 0.717) is 6.54 Å². The van der Waals surface area contributed by atoms with Gasteiger partial charge < -0.3 is 20.1 Å². The lowest BCUT2D eigenvalue weighted by Gasteiger charge is -2.11. The lowest BCUT2D eigenvalue weighted by Crippen LogP contribution is -2.34. The first-order chi connectivity index (χ1) is 8.24. The quantitative estimate of drug-likeness (QED) is 0.484. The van der Waals surface area contributed by atoms with Gasteiger partial charge >= 0.3 is 0 Å². The van der Waals surface area contributed by atoms with Crippen molar-refractivity contribution < 1.29 is 9.47 Å². The van der Waals surface area contributed by atoms with Gasteiger partial charge in [-0.1, -0.05) is 6.07 Å². The molecule has 2 N–H and O–H groups in total. The molecule has 0 saturated carbocycles. The summed E-state index contributed by atoms with van der Waals surface area (Å²) >= 11 is 0. The highest BCUT2D eigenvalue weighted by molar-refractivity contribution is 14.0. The molecular formula is C12H20IN3O2. The Morgan fingerprint density at radius 1 is 1.22 bits per heavy atom. The van der Waals surface area contributed by atoms with E-state index in [1.54, 1.807) is 21.3 Å². The number of ether oxygens (including phenoxy) is 2. The Morgan fingerprint density at radius 2 is 1.89 bits per heavy atom. The summed E-state index contributed by atoms with van der Waals surface area (Å²) in [4.78, 5) is 4.04. The Bertz CT molecular complexity index is 397. The smallest absolute Gasteiger partial charge is 0.190 e. The molecule has 0 spiro atoms. The van der Waals surface area contributed by atoms with E-state index in [0.717, 1.165) is 23.0 Å². The molecule has 0 fully saturated rings. The van der Waals surface area contributed by atoms with E-state index in [2.05, 4.69) is 15.6 Å². The van der Waals surface area contributed by atoms with Gasteiger partial charge in [-0.2, -0.15) is 0 Å². The van der Waals surface area contributed by atoms with Crippen LogP contribution in [0.2, 0.25) is 0 Å². The highest BCUT2D eigenvalue weighted by atomic mass is 127. The van der Waals surface area contributed by atoms with Gasteiger partial charge in [0.1, 0.15) is 0 Å². The van der Waals surface area contributed by atoms with Crippen LogP contribution in [-0.2, 0) is 6.54 Å². The van der Waals surface area contributed by atoms with Crippen molar-refractivity contribution in [3.63, 3.8) is 0 Å². The number of hydrogen-bond acceptors (Lipinski definition) is 3. The predicted octanol–water partition coefficient (Wildman–Crippen LogP) is 1.62. The Labute approximate surface area is 125 Å². The molecule has 0 radical (unpaired) electrons. The fourth-order valence-electron chi connectivity index (χ4n) is 1.46. The molecule has 0 aliphatic carbocycles. The van der Waals surface area contributed by atoms with E-state index in [1.165, 1.54) is 0 Å². The van der Waals surface area contributed by atoms with Crippen LogP contribution in [0, 0.1) is 0 Å². The number of halogens is 1. The number of rotatable bonds is 4. The van der Waals surface area contributed by atoms with E-state index < -0.39 is 0 Å². The van der Waals surface area contributed by atoms with Gasteiger partial charge in [0, 0.05) is 20.6 Å². The van der Waals surface area contributed by atoms with Crippen LogP contribution in [-0.4, -0.2) is 34.3 Å². The second kappa shape index (κ2) is 8.84. The van der Waals surface area contributed by atoms with Gasteiger partial charge in [-0.3, -0.25) is 4.99 Å². The second-order valence-corrected chi connectivity index (χ2v) is 3.37. The Hall–Kier alpha value is -1.18. The zero-order valence-corrected chi connectivity index (χ0v) is 13.4. The van der Waals surface area contributed by atoms with Crippen molar-refractivity contribution in [3.8, 4) is 11.5 Å². The highest BCUT2D eigenvalue weighted by Crippen LogP contribution is 2.27. The monoisotopic (exact) mass is 365 g/mol. The molecule has 0 heterocycles. The number of aliphatic imine (C=N–C) groups is 1. The van der Waals surface area contributed by atoms with Crippen LogP contribution < -0.4 is 20.1 Å². The third-order valence-corrected chi connectivity index (χ3v) is 2.37. The summed E-state index contributed by atoms with van der Waals surface area (Å²) in [6.07, 6.45) is 0. The SMILES string of the molecule is CN=C(NC)NCc1ccc(OC)c(OC)c1.I. The zero-order chi connectivity index (χ0) is 12.7. The number of nitrogens with zero attached hydrogens (tertiary/aromatic N) is 1. The Morgan fingerprint density at radius 3 is 2.39 bits per heavy atom. The van der Waals surface area contributed by atoms with Gasteiger partial charge in [0.25, 0.3) is 0 Å². The molecule has 0 aliphatic heterocycles. The second-order valence-electron chi connectivity index (χ2n) is 3.37. The minimum Gasteiger partial charge on any atom is -0.493 e. The number of guanidine groups is 1. The van der Waals surface area contributed by atoms with Crippen molar-refractivity contribution in [1.82, 2.24) is 10.6 Å². The third-order valence-electron chi connectivity index (χ3n) is 2.37. The molecule has 6 heteroatoms. The minimum atomic E-state index is 0. The van der Waals surface area contributed by atoms with Crippen LogP contribution in [0.25, 0.3) is 0 Å². The maximum Gasteiger partial charge on any atom is 0.190 e. The van der Waals surface area contributed by atoms with E-state index in [4.69, 9.17) is 9.47 Å². The van der Waals surface area contributed by atoms with Crippen LogP contribution >= 0.6 is 24.0 Å². The lowest BCUT2D eigenvalue weighted by atomic mass is 10.2. The minimum absolute atomic E-state index is 0. The molecule has 0 bridgehead atoms. The van der Waals surface area contributed by atoms with Gasteiger partial charge in [-0.15, -0.1) is 24.0 Å². The Kier molecular flexibility index (Phi) is 8.27. The molecule has 1 aromatic rings. The van der Waals surface area contributed by atoms with E-state index in [9.17, 15) is 0 Å². The first kappa shape index (κ1) is 16.8. The van der Waals surface area contributed by atoms with Gasteiger partial charge in [0.15, 0.2) is 17.5 Å². The van der Waals surface area contributed by atoms with Crippen molar-refractivity contribution in [2.75, 3.05) is 28.3 Å². The van der Waals surface area contributed by atoms with Crippen LogP contribution in [0.5, 0.6) is 11.5 Å². The standard InChI is InChI=1S/C12H19N3O2.HI/c1-13-12(14-2)15-8-9-5-6-10(16-3)11(7-9)17-4;/h5-7H,8H2,1-4H3,(H2,13,14,15);1H. The molecule has 5 nitrogen and oxygen atoms in total. The predicted molar refractivity (Wildman–Crippen MR) is 84.2 cm³/mol. The summed E-state index contributed by atoms with van der Waals surface area (Å²) in [6.45, 7) is 0.674. The number of nitrogens with one attached hydrogen (secondary N) is 2. The molecule has 0 saturated heterocycles. The Balaban J connectivity index is 0.00000289. The molecule has 0 aliphatic rings. The normalized spacial score (nSPS) is 10.3. The third kappa shape index (κ3) is 4.59. The molecule has 0 unspecified atom stereocenters. The number of benzene rings is 1. The first-order valence-electron chi connectivity index (χ1n) is 5.34. The molecule has 0 amide bonds. The average Bonchev–Trinajstić information content (AvgIpc) is 2.39. The molecule has 18 heavy (non-hydrogen) atoms. The molecule has 1 aromatic carbocycles. The summed E-state index contributed by atoms with van der Waals surface area (Å²) in [5.41, 5.74) is 1.10. The summed E-state index contributed by atoms with van der Waals surface area (Å²) < 4.78 is 10.4. The first-order valence-corrected chi connectivity index (χ1v) is 5.34. The van der Waals surface area contributed by atoms with Crippen LogP contribution in [0.15, 0.2) is 23.2 Å². The number of hydrogen-bond donors (Lipinski definition) is 2. The summed E-state index contributed by atoms with van der Waals surface area (Å²) in [7, 11) is 6.80. The van der Waals surface area contributed by atoms with Crippen molar-refractivity contribution >= 4 is 29.9 Å². The van der Waals surface area contributed by atoms with Crippen LogP contribution in [0.3, 0.4) is 0 Å². The van der Waals surface area contributed by atoms with Crippen LogP contribution in [0.1, 0.15) is 5.56 Å². The van der Waals surface area contributed by atoms with Crippen LogP contribution in [0.4, 0.5) is 0 Å². The van der Waals surface area contributed by atoms with Gasteiger partial charge in [0.05, 0.1) is 14.2 Å². The fraction of sp³-hybridized carbons (Fsp3) is 0.417. The van der Waals surface area contributed by atoms with E-state index in [-0.39, 0.29) is 24.0 Å². The highest BCUT2D eigenvalue weighted by Gasteiger charge is 2.04. The number of methoxy groups -OCH3 is 2. The lowest BCUT2D eigenvalue weighted by molar-refractivity contribution is 0.354. The molecule has 1 rings (SSSR count). The fourth-order valence-corrected chi connectivity index (χ4v) is 1.46. The molecule has 0 aromatic heterocycles. The van der Waals surface area contributed by atoms with E-state index in [1.807, 2.05) is 25.2 Å². The summed E-state index contributed by atoms with van der Waals surface area (Å²) in [5, 5.41) is 6.12.